The highest BCUT2D eigenvalue weighted by Crippen LogP contribution is 2.28. The number of rotatable bonds is 7. The lowest BCUT2D eigenvalue weighted by Gasteiger charge is -2.12. The van der Waals surface area contributed by atoms with E-state index in [2.05, 4.69) is 32.2 Å². The van der Waals surface area contributed by atoms with E-state index in [-0.39, 0.29) is 0 Å². The lowest BCUT2D eigenvalue weighted by atomic mass is 10.1. The summed E-state index contributed by atoms with van der Waals surface area (Å²) in [6.07, 6.45) is 3.13. The number of hydrogen-bond acceptors (Lipinski definition) is 2. The molecule has 1 aromatic rings. The highest BCUT2D eigenvalue weighted by atomic mass is 35.5. The van der Waals surface area contributed by atoms with Gasteiger partial charge < -0.3 is 10.1 Å². The summed E-state index contributed by atoms with van der Waals surface area (Å²) in [5.74, 6) is 1.48. The fourth-order valence-electron chi connectivity index (χ4n) is 1.84. The van der Waals surface area contributed by atoms with Crippen LogP contribution in [0.4, 0.5) is 0 Å². The number of benzene rings is 1. The van der Waals surface area contributed by atoms with Crippen LogP contribution in [0.5, 0.6) is 5.75 Å². The summed E-state index contributed by atoms with van der Waals surface area (Å²) in [6.45, 7) is 8.49. The van der Waals surface area contributed by atoms with Crippen molar-refractivity contribution in [3.05, 3.63) is 34.4 Å². The molecular formula is C16H24ClNO. The second-order valence-corrected chi connectivity index (χ2v) is 5.44. The van der Waals surface area contributed by atoms with Crippen LogP contribution in [0.25, 0.3) is 6.08 Å². The molecule has 0 unspecified atom stereocenters. The Morgan fingerprint density at radius 1 is 1.42 bits per heavy atom. The summed E-state index contributed by atoms with van der Waals surface area (Å²) in [5, 5.41) is 4.19. The van der Waals surface area contributed by atoms with Crippen molar-refractivity contribution in [2.75, 3.05) is 20.2 Å². The molecule has 0 amide bonds. The fraction of sp³-hybridized carbons (Fsp3) is 0.500. The molecule has 0 aliphatic heterocycles. The topological polar surface area (TPSA) is 21.3 Å². The van der Waals surface area contributed by atoms with Crippen molar-refractivity contribution in [2.45, 2.75) is 27.2 Å². The van der Waals surface area contributed by atoms with Crippen molar-refractivity contribution in [3.8, 4) is 5.75 Å². The number of nitrogens with one attached hydrogen (secondary N) is 1. The second-order valence-electron chi connectivity index (χ2n) is 5.04. The molecule has 1 rings (SSSR count). The molecular weight excluding hydrogens is 258 g/mol. The quantitative estimate of drug-likeness (QED) is 0.800. The Labute approximate surface area is 121 Å². The van der Waals surface area contributed by atoms with E-state index in [0.29, 0.717) is 5.92 Å². The molecule has 0 saturated carbocycles. The van der Waals surface area contributed by atoms with Gasteiger partial charge in [-0.05, 0) is 37.1 Å². The second kappa shape index (κ2) is 8.23. The van der Waals surface area contributed by atoms with Gasteiger partial charge in [-0.15, -0.1) is 0 Å². The molecule has 0 saturated heterocycles. The average Bonchev–Trinajstić information content (AvgIpc) is 2.38. The third-order valence-electron chi connectivity index (χ3n) is 2.94. The van der Waals surface area contributed by atoms with E-state index in [1.165, 1.54) is 5.57 Å². The van der Waals surface area contributed by atoms with E-state index < -0.39 is 0 Å². The zero-order chi connectivity index (χ0) is 14.3. The molecule has 0 radical (unpaired) electrons. The Kier molecular flexibility index (Phi) is 6.96. The molecule has 0 aromatic heterocycles. The first-order valence-corrected chi connectivity index (χ1v) is 7.18. The van der Waals surface area contributed by atoms with Gasteiger partial charge >= 0.3 is 0 Å². The molecule has 0 spiro atoms. The summed E-state index contributed by atoms with van der Waals surface area (Å²) in [4.78, 5) is 0. The van der Waals surface area contributed by atoms with Crippen LogP contribution in [-0.2, 0) is 0 Å². The lowest BCUT2D eigenvalue weighted by molar-refractivity contribution is 0.414. The Balaban J connectivity index is 2.85. The van der Waals surface area contributed by atoms with E-state index in [1.54, 1.807) is 7.11 Å². The molecule has 0 bridgehead atoms. The average molecular weight is 282 g/mol. The maximum Gasteiger partial charge on any atom is 0.127 e. The molecule has 0 atom stereocenters. The third kappa shape index (κ3) is 5.25. The Morgan fingerprint density at radius 2 is 2.16 bits per heavy atom. The maximum absolute atomic E-state index is 6.25. The molecule has 3 heteroatoms. The van der Waals surface area contributed by atoms with Crippen LogP contribution in [0.2, 0.25) is 5.02 Å². The number of methoxy groups -OCH3 is 1. The summed E-state index contributed by atoms with van der Waals surface area (Å²) in [7, 11) is 1.67. The highest BCUT2D eigenvalue weighted by Gasteiger charge is 2.06. The first-order chi connectivity index (χ1) is 9.08. The minimum Gasteiger partial charge on any atom is -0.496 e. The molecule has 0 aliphatic carbocycles. The third-order valence-corrected chi connectivity index (χ3v) is 3.27. The summed E-state index contributed by atoms with van der Waals surface area (Å²) < 4.78 is 5.36. The first-order valence-electron chi connectivity index (χ1n) is 6.81. The predicted molar refractivity (Wildman–Crippen MR) is 84.0 cm³/mol. The maximum atomic E-state index is 6.25. The largest absolute Gasteiger partial charge is 0.496 e. The minimum absolute atomic E-state index is 0.660. The van der Waals surface area contributed by atoms with E-state index >= 15 is 0 Å². The van der Waals surface area contributed by atoms with Crippen molar-refractivity contribution in [1.82, 2.24) is 5.32 Å². The van der Waals surface area contributed by atoms with Crippen molar-refractivity contribution >= 4 is 17.7 Å². The predicted octanol–water partition coefficient (Wildman–Crippen LogP) is 4.39. The van der Waals surface area contributed by atoms with Crippen LogP contribution >= 0.6 is 11.6 Å². The van der Waals surface area contributed by atoms with Gasteiger partial charge in [0.05, 0.1) is 12.1 Å². The van der Waals surface area contributed by atoms with Crippen LogP contribution in [0, 0.1) is 5.92 Å². The van der Waals surface area contributed by atoms with E-state index in [9.17, 15) is 0 Å². The summed E-state index contributed by atoms with van der Waals surface area (Å²) in [5.41, 5.74) is 2.29. The fourth-order valence-corrected chi connectivity index (χ4v) is 2.06. The number of ether oxygens (including phenoxy) is 1. The van der Waals surface area contributed by atoms with Gasteiger partial charge in [-0.2, -0.15) is 0 Å². The van der Waals surface area contributed by atoms with Crippen LogP contribution < -0.4 is 10.1 Å². The molecule has 106 valence electrons. The van der Waals surface area contributed by atoms with Gasteiger partial charge in [-0.1, -0.05) is 44.0 Å². The van der Waals surface area contributed by atoms with Gasteiger partial charge in [-0.3, -0.25) is 0 Å². The first kappa shape index (κ1) is 16.1. The van der Waals surface area contributed by atoms with Gasteiger partial charge in [-0.25, -0.2) is 0 Å². The molecule has 1 N–H and O–H groups in total. The van der Waals surface area contributed by atoms with Crippen LogP contribution in [-0.4, -0.2) is 20.2 Å². The smallest absolute Gasteiger partial charge is 0.127 e. The Hall–Kier alpha value is -0.990. The molecule has 0 heterocycles. The van der Waals surface area contributed by atoms with Gasteiger partial charge in [0.1, 0.15) is 5.75 Å². The van der Waals surface area contributed by atoms with Crippen LogP contribution in [0.15, 0.2) is 23.8 Å². The van der Waals surface area contributed by atoms with Gasteiger partial charge in [0.2, 0.25) is 0 Å². The number of hydrogen-bond donors (Lipinski definition) is 1. The SMILES string of the molecule is CC/C(=C/c1c(Cl)cccc1OC)CNCC(C)C. The van der Waals surface area contributed by atoms with Crippen molar-refractivity contribution < 1.29 is 4.74 Å². The van der Waals surface area contributed by atoms with E-state index in [1.807, 2.05) is 18.2 Å². The summed E-state index contributed by atoms with van der Waals surface area (Å²) >= 11 is 6.25. The van der Waals surface area contributed by atoms with E-state index in [4.69, 9.17) is 16.3 Å². The Morgan fingerprint density at radius 3 is 2.74 bits per heavy atom. The molecule has 1 aromatic carbocycles. The summed E-state index contributed by atoms with van der Waals surface area (Å²) in [6, 6.07) is 5.73. The zero-order valence-electron chi connectivity index (χ0n) is 12.3. The van der Waals surface area contributed by atoms with Crippen molar-refractivity contribution in [3.63, 3.8) is 0 Å². The normalized spacial score (nSPS) is 12.0. The molecule has 0 aliphatic rings. The van der Waals surface area contributed by atoms with Gasteiger partial charge in [0.25, 0.3) is 0 Å². The van der Waals surface area contributed by atoms with Gasteiger partial charge in [0, 0.05) is 12.1 Å². The molecule has 2 nitrogen and oxygen atoms in total. The van der Waals surface area contributed by atoms with Crippen molar-refractivity contribution in [2.24, 2.45) is 5.92 Å². The van der Waals surface area contributed by atoms with Crippen LogP contribution in [0.3, 0.4) is 0 Å². The van der Waals surface area contributed by atoms with Crippen LogP contribution in [0.1, 0.15) is 32.8 Å². The molecule has 0 fully saturated rings. The lowest BCUT2D eigenvalue weighted by Crippen LogP contribution is -2.21. The molecule has 19 heavy (non-hydrogen) atoms. The standard InChI is InChI=1S/C16H24ClNO/c1-5-13(11-18-10-12(2)3)9-14-15(17)7-6-8-16(14)19-4/h6-9,12,18H,5,10-11H2,1-4H3/b13-9-. The van der Waals surface area contributed by atoms with Gasteiger partial charge in [0.15, 0.2) is 0 Å². The Bertz CT molecular complexity index is 427. The minimum atomic E-state index is 0.660. The zero-order valence-corrected chi connectivity index (χ0v) is 13.1. The number of halogens is 1. The highest BCUT2D eigenvalue weighted by molar-refractivity contribution is 6.32. The van der Waals surface area contributed by atoms with Crippen molar-refractivity contribution in [1.29, 1.82) is 0 Å². The monoisotopic (exact) mass is 281 g/mol. The van der Waals surface area contributed by atoms with E-state index in [0.717, 1.165) is 35.8 Å².